The fourth-order valence-electron chi connectivity index (χ4n) is 3.46. The second-order valence-corrected chi connectivity index (χ2v) is 6.80. The standard InChI is InChI=1S/C20H32N4O3.HI/c1-4-22-20(24-11-5-6-16(14-24)13-19(21)25)23-10-9-15-7-8-17(26-2)18(12-15)27-3;/h7-8,12,16H,4-6,9-11,13-14H2,1-3H3,(H2,21,25)(H,22,23);1H. The summed E-state index contributed by atoms with van der Waals surface area (Å²) < 4.78 is 10.6. The van der Waals surface area contributed by atoms with Crippen LogP contribution in [0.3, 0.4) is 0 Å². The van der Waals surface area contributed by atoms with Crippen LogP contribution in [0.15, 0.2) is 23.2 Å². The highest BCUT2D eigenvalue weighted by atomic mass is 127. The summed E-state index contributed by atoms with van der Waals surface area (Å²) in [6.45, 7) is 5.33. The van der Waals surface area contributed by atoms with E-state index in [-0.39, 0.29) is 29.9 Å². The second kappa shape index (κ2) is 12.7. The Morgan fingerprint density at radius 1 is 1.32 bits per heavy atom. The lowest BCUT2D eigenvalue weighted by atomic mass is 9.95. The van der Waals surface area contributed by atoms with Gasteiger partial charge in [-0.1, -0.05) is 6.07 Å². The number of hydrogen-bond acceptors (Lipinski definition) is 4. The SMILES string of the molecule is CCNC(=NCCc1ccc(OC)c(OC)c1)N1CCCC(CC(N)=O)C1.I. The molecule has 1 aliphatic heterocycles. The Labute approximate surface area is 185 Å². The Balaban J connectivity index is 0.00000392. The smallest absolute Gasteiger partial charge is 0.217 e. The molecule has 1 aliphatic rings. The summed E-state index contributed by atoms with van der Waals surface area (Å²) in [4.78, 5) is 18.3. The molecule has 1 aromatic rings. The van der Waals surface area contributed by atoms with Crippen molar-refractivity contribution in [3.63, 3.8) is 0 Å². The lowest BCUT2D eigenvalue weighted by molar-refractivity contribution is -0.119. The molecule has 0 spiro atoms. The number of amides is 1. The summed E-state index contributed by atoms with van der Waals surface area (Å²) in [6, 6.07) is 5.95. The Bertz CT molecular complexity index is 654. The van der Waals surface area contributed by atoms with Gasteiger partial charge in [0.15, 0.2) is 17.5 Å². The highest BCUT2D eigenvalue weighted by Crippen LogP contribution is 2.27. The highest BCUT2D eigenvalue weighted by Gasteiger charge is 2.23. The molecule has 0 saturated carbocycles. The van der Waals surface area contributed by atoms with Crippen molar-refractivity contribution in [3.8, 4) is 11.5 Å². The molecule has 3 N–H and O–H groups in total. The first kappa shape index (κ1) is 24.3. The molecule has 0 aromatic heterocycles. The van der Waals surface area contributed by atoms with Gasteiger partial charge in [-0.25, -0.2) is 0 Å². The van der Waals surface area contributed by atoms with Crippen LogP contribution in [0.25, 0.3) is 0 Å². The predicted molar refractivity (Wildman–Crippen MR) is 123 cm³/mol. The minimum atomic E-state index is -0.225. The second-order valence-electron chi connectivity index (χ2n) is 6.80. The highest BCUT2D eigenvalue weighted by molar-refractivity contribution is 14.0. The third kappa shape index (κ3) is 7.37. The van der Waals surface area contributed by atoms with Crippen LogP contribution in [0.1, 0.15) is 31.7 Å². The molecule has 7 nitrogen and oxygen atoms in total. The van der Waals surface area contributed by atoms with Crippen LogP contribution in [0.4, 0.5) is 0 Å². The molecule has 8 heteroatoms. The molecule has 0 bridgehead atoms. The molecule has 0 radical (unpaired) electrons. The fourth-order valence-corrected chi connectivity index (χ4v) is 3.46. The number of benzene rings is 1. The third-order valence-corrected chi connectivity index (χ3v) is 4.75. The summed E-state index contributed by atoms with van der Waals surface area (Å²) in [5, 5.41) is 3.37. The van der Waals surface area contributed by atoms with E-state index in [9.17, 15) is 4.79 Å². The molecule has 28 heavy (non-hydrogen) atoms. The number of piperidine rings is 1. The number of carbonyl (C=O) groups excluding carboxylic acids is 1. The van der Waals surface area contributed by atoms with E-state index in [1.54, 1.807) is 14.2 Å². The van der Waals surface area contributed by atoms with E-state index in [0.717, 1.165) is 61.9 Å². The van der Waals surface area contributed by atoms with Crippen molar-refractivity contribution >= 4 is 35.8 Å². The van der Waals surface area contributed by atoms with Gasteiger partial charge in [0, 0.05) is 32.6 Å². The number of rotatable bonds is 8. The van der Waals surface area contributed by atoms with Crippen LogP contribution < -0.4 is 20.5 Å². The maximum absolute atomic E-state index is 11.2. The third-order valence-electron chi connectivity index (χ3n) is 4.75. The molecule has 1 aromatic carbocycles. The quantitative estimate of drug-likeness (QED) is 0.323. The molecule has 0 aliphatic carbocycles. The van der Waals surface area contributed by atoms with E-state index in [0.29, 0.717) is 18.9 Å². The normalized spacial score (nSPS) is 16.9. The van der Waals surface area contributed by atoms with Crippen molar-refractivity contribution in [3.05, 3.63) is 23.8 Å². The summed E-state index contributed by atoms with van der Waals surface area (Å²) in [7, 11) is 3.27. The van der Waals surface area contributed by atoms with Gasteiger partial charge in [-0.05, 0) is 49.8 Å². The van der Waals surface area contributed by atoms with Gasteiger partial charge in [-0.3, -0.25) is 9.79 Å². The summed E-state index contributed by atoms with van der Waals surface area (Å²) in [5.41, 5.74) is 6.52. The van der Waals surface area contributed by atoms with Crippen molar-refractivity contribution in [1.82, 2.24) is 10.2 Å². The zero-order valence-electron chi connectivity index (χ0n) is 17.1. The molecular weight excluding hydrogens is 471 g/mol. The maximum Gasteiger partial charge on any atom is 0.217 e. The predicted octanol–water partition coefficient (Wildman–Crippen LogP) is 2.42. The number of carbonyl (C=O) groups is 1. The Morgan fingerprint density at radius 2 is 2.07 bits per heavy atom. The monoisotopic (exact) mass is 504 g/mol. The van der Waals surface area contributed by atoms with Crippen molar-refractivity contribution < 1.29 is 14.3 Å². The van der Waals surface area contributed by atoms with Crippen LogP contribution in [0.5, 0.6) is 11.5 Å². The summed E-state index contributed by atoms with van der Waals surface area (Å²) in [6.07, 6.45) is 3.36. The summed E-state index contributed by atoms with van der Waals surface area (Å²) in [5.74, 6) is 2.46. The fraction of sp³-hybridized carbons (Fsp3) is 0.600. The zero-order valence-corrected chi connectivity index (χ0v) is 19.4. The maximum atomic E-state index is 11.2. The van der Waals surface area contributed by atoms with Crippen LogP contribution in [-0.2, 0) is 11.2 Å². The molecule has 1 heterocycles. The molecule has 2 rings (SSSR count). The van der Waals surface area contributed by atoms with Crippen LogP contribution >= 0.6 is 24.0 Å². The first-order valence-electron chi connectivity index (χ1n) is 9.59. The molecule has 158 valence electrons. The number of aliphatic imine (C=N–C) groups is 1. The number of guanidine groups is 1. The number of methoxy groups -OCH3 is 2. The molecule has 1 saturated heterocycles. The Morgan fingerprint density at radius 3 is 2.71 bits per heavy atom. The molecular formula is C20H33IN4O3. The van der Waals surface area contributed by atoms with E-state index in [4.69, 9.17) is 20.2 Å². The topological polar surface area (TPSA) is 89.2 Å². The van der Waals surface area contributed by atoms with Crippen LogP contribution in [0, 0.1) is 5.92 Å². The number of likely N-dealkylation sites (tertiary alicyclic amines) is 1. The van der Waals surface area contributed by atoms with E-state index >= 15 is 0 Å². The van der Waals surface area contributed by atoms with Gasteiger partial charge in [0.2, 0.25) is 5.91 Å². The average molecular weight is 504 g/mol. The van der Waals surface area contributed by atoms with Gasteiger partial charge < -0.3 is 25.4 Å². The molecule has 1 atom stereocenters. The van der Waals surface area contributed by atoms with E-state index in [1.165, 1.54) is 0 Å². The molecule has 1 unspecified atom stereocenters. The van der Waals surface area contributed by atoms with Crippen molar-refractivity contribution in [2.24, 2.45) is 16.6 Å². The largest absolute Gasteiger partial charge is 0.493 e. The van der Waals surface area contributed by atoms with Crippen molar-refractivity contribution in [2.75, 3.05) is 40.4 Å². The minimum absolute atomic E-state index is 0. The van der Waals surface area contributed by atoms with Crippen LogP contribution in [0.2, 0.25) is 0 Å². The van der Waals surface area contributed by atoms with Gasteiger partial charge in [0.05, 0.1) is 14.2 Å². The van der Waals surface area contributed by atoms with Crippen molar-refractivity contribution in [2.45, 2.75) is 32.6 Å². The van der Waals surface area contributed by atoms with E-state index in [1.807, 2.05) is 18.2 Å². The Kier molecular flexibility index (Phi) is 11.0. The number of nitrogens with one attached hydrogen (secondary N) is 1. The minimum Gasteiger partial charge on any atom is -0.493 e. The van der Waals surface area contributed by atoms with E-state index < -0.39 is 0 Å². The van der Waals surface area contributed by atoms with Crippen molar-refractivity contribution in [1.29, 1.82) is 0 Å². The zero-order chi connectivity index (χ0) is 19.6. The Hall–Kier alpha value is -1.71. The van der Waals surface area contributed by atoms with Gasteiger partial charge >= 0.3 is 0 Å². The number of primary amides is 1. The number of hydrogen-bond donors (Lipinski definition) is 2. The molecule has 1 fully saturated rings. The number of ether oxygens (including phenoxy) is 2. The average Bonchev–Trinajstić information content (AvgIpc) is 2.66. The lowest BCUT2D eigenvalue weighted by Crippen LogP contribution is -2.47. The first-order valence-corrected chi connectivity index (χ1v) is 9.59. The van der Waals surface area contributed by atoms with Gasteiger partial charge in [0.25, 0.3) is 0 Å². The van der Waals surface area contributed by atoms with E-state index in [2.05, 4.69) is 17.1 Å². The number of nitrogens with zero attached hydrogens (tertiary/aromatic N) is 2. The van der Waals surface area contributed by atoms with Crippen LogP contribution in [-0.4, -0.2) is 57.2 Å². The number of nitrogens with two attached hydrogens (primary N) is 1. The van der Waals surface area contributed by atoms with Gasteiger partial charge in [0.1, 0.15) is 0 Å². The number of halogens is 1. The lowest BCUT2D eigenvalue weighted by Gasteiger charge is -2.34. The summed E-state index contributed by atoms with van der Waals surface area (Å²) >= 11 is 0. The first-order chi connectivity index (χ1) is 13.1. The van der Waals surface area contributed by atoms with Gasteiger partial charge in [-0.2, -0.15) is 0 Å². The van der Waals surface area contributed by atoms with Gasteiger partial charge in [-0.15, -0.1) is 24.0 Å². The molecule has 1 amide bonds.